The first-order valence-corrected chi connectivity index (χ1v) is 11.1. The second-order valence-corrected chi connectivity index (χ2v) is 8.13. The van der Waals surface area contributed by atoms with Crippen molar-refractivity contribution in [3.8, 4) is 5.69 Å². The predicted octanol–water partition coefficient (Wildman–Crippen LogP) is 4.16. The van der Waals surface area contributed by atoms with Gasteiger partial charge in [0.1, 0.15) is 24.2 Å². The topological polar surface area (TPSA) is 123 Å². The number of nitro benzene ring substituents is 1. The van der Waals surface area contributed by atoms with Crippen LogP contribution >= 0.6 is 0 Å². The molecule has 1 N–H and O–H groups in total. The van der Waals surface area contributed by atoms with Gasteiger partial charge in [0, 0.05) is 35.1 Å². The Labute approximate surface area is 204 Å². The van der Waals surface area contributed by atoms with Crippen molar-refractivity contribution in [2.45, 2.75) is 12.8 Å². The second kappa shape index (κ2) is 9.37. The Morgan fingerprint density at radius 2 is 1.81 bits per heavy atom. The first-order valence-electron chi connectivity index (χ1n) is 11.1. The van der Waals surface area contributed by atoms with Crippen molar-refractivity contribution in [1.29, 1.82) is 0 Å². The molecular formula is C25H19FN6O4. The maximum absolute atomic E-state index is 13.5. The molecule has 0 aliphatic carbocycles. The number of hydrogen-bond acceptors (Lipinski definition) is 6. The standard InChI is InChI=1S/C25H19FN6O4/c26-18-9-6-16(7-10-18)24(33)29-20-4-1-5-21-19(20)3-2-12-30(21)25(34)17-8-11-22(23(13-17)32(35)36)31-15-27-14-28-31/h1,4-11,13-15H,2-3,12H2,(H,29,33). The van der Waals surface area contributed by atoms with E-state index in [9.17, 15) is 24.1 Å². The summed E-state index contributed by atoms with van der Waals surface area (Å²) in [5.74, 6) is -1.23. The summed E-state index contributed by atoms with van der Waals surface area (Å²) in [4.78, 5) is 42.7. The maximum atomic E-state index is 13.5. The number of anilines is 2. The van der Waals surface area contributed by atoms with E-state index in [0.29, 0.717) is 36.3 Å². The van der Waals surface area contributed by atoms with E-state index in [-0.39, 0.29) is 16.9 Å². The number of hydrogen-bond donors (Lipinski definition) is 1. The van der Waals surface area contributed by atoms with Crippen molar-refractivity contribution in [2.24, 2.45) is 0 Å². The monoisotopic (exact) mass is 486 g/mol. The first-order chi connectivity index (χ1) is 17.4. The Bertz CT molecular complexity index is 1470. The molecular weight excluding hydrogens is 467 g/mol. The summed E-state index contributed by atoms with van der Waals surface area (Å²) in [5.41, 5.74) is 2.32. The van der Waals surface area contributed by atoms with Crippen LogP contribution in [0.3, 0.4) is 0 Å². The minimum atomic E-state index is -0.568. The highest BCUT2D eigenvalue weighted by Crippen LogP contribution is 2.35. The molecule has 1 aromatic heterocycles. The largest absolute Gasteiger partial charge is 0.322 e. The van der Waals surface area contributed by atoms with Crippen LogP contribution in [-0.2, 0) is 6.42 Å². The molecule has 0 spiro atoms. The number of nitro groups is 1. The molecule has 2 amide bonds. The van der Waals surface area contributed by atoms with Gasteiger partial charge in [0.15, 0.2) is 0 Å². The van der Waals surface area contributed by atoms with Crippen molar-refractivity contribution in [3.63, 3.8) is 0 Å². The van der Waals surface area contributed by atoms with E-state index in [0.717, 1.165) is 5.56 Å². The zero-order chi connectivity index (χ0) is 25.2. The van der Waals surface area contributed by atoms with Gasteiger partial charge in [-0.05, 0) is 66.9 Å². The van der Waals surface area contributed by atoms with Gasteiger partial charge in [0.2, 0.25) is 0 Å². The lowest BCUT2D eigenvalue weighted by molar-refractivity contribution is -0.384. The number of carbonyl (C=O) groups excluding carboxylic acids is 2. The summed E-state index contributed by atoms with van der Waals surface area (Å²) in [6.07, 6.45) is 3.87. The van der Waals surface area contributed by atoms with E-state index in [1.165, 1.54) is 59.8 Å². The Balaban J connectivity index is 1.45. The Kier molecular flexibility index (Phi) is 5.95. The number of halogens is 1. The molecule has 3 aromatic carbocycles. The Morgan fingerprint density at radius 3 is 2.53 bits per heavy atom. The summed E-state index contributed by atoms with van der Waals surface area (Å²) < 4.78 is 14.5. The van der Waals surface area contributed by atoms with Crippen molar-refractivity contribution >= 4 is 28.9 Å². The molecule has 0 atom stereocenters. The predicted molar refractivity (Wildman–Crippen MR) is 129 cm³/mol. The fourth-order valence-corrected chi connectivity index (χ4v) is 4.23. The van der Waals surface area contributed by atoms with Crippen molar-refractivity contribution in [3.05, 3.63) is 106 Å². The van der Waals surface area contributed by atoms with Crippen LogP contribution in [0.2, 0.25) is 0 Å². The minimum Gasteiger partial charge on any atom is -0.322 e. The molecule has 2 heterocycles. The third-order valence-corrected chi connectivity index (χ3v) is 5.93. The second-order valence-electron chi connectivity index (χ2n) is 8.13. The molecule has 0 fully saturated rings. The van der Waals surface area contributed by atoms with Crippen LogP contribution < -0.4 is 10.2 Å². The van der Waals surface area contributed by atoms with Crippen molar-refractivity contribution < 1.29 is 18.9 Å². The zero-order valence-electron chi connectivity index (χ0n) is 18.8. The molecule has 1 aliphatic heterocycles. The normalized spacial score (nSPS) is 12.6. The summed E-state index contributed by atoms with van der Waals surface area (Å²) in [6.45, 7) is 0.416. The number of amides is 2. The van der Waals surface area contributed by atoms with Crippen LogP contribution in [0.1, 0.15) is 32.7 Å². The van der Waals surface area contributed by atoms with Gasteiger partial charge in [-0.1, -0.05) is 6.07 Å². The number of carbonyl (C=O) groups is 2. The summed E-state index contributed by atoms with van der Waals surface area (Å²) in [6, 6.07) is 14.7. The average Bonchev–Trinajstić information content (AvgIpc) is 3.43. The van der Waals surface area contributed by atoms with Gasteiger partial charge >= 0.3 is 0 Å². The van der Waals surface area contributed by atoms with Crippen molar-refractivity contribution in [2.75, 3.05) is 16.8 Å². The fraction of sp³-hybridized carbons (Fsp3) is 0.120. The number of benzene rings is 3. The number of rotatable bonds is 5. The van der Waals surface area contributed by atoms with E-state index in [1.54, 1.807) is 23.1 Å². The molecule has 5 rings (SSSR count). The molecule has 1 aliphatic rings. The van der Waals surface area contributed by atoms with E-state index in [2.05, 4.69) is 15.4 Å². The lowest BCUT2D eigenvalue weighted by Crippen LogP contribution is -2.36. The quantitative estimate of drug-likeness (QED) is 0.334. The minimum absolute atomic E-state index is 0.152. The van der Waals surface area contributed by atoms with Gasteiger partial charge in [0.05, 0.1) is 4.92 Å². The van der Waals surface area contributed by atoms with Gasteiger partial charge in [0.25, 0.3) is 17.5 Å². The van der Waals surface area contributed by atoms with Crippen LogP contribution in [0.25, 0.3) is 5.69 Å². The highest BCUT2D eigenvalue weighted by atomic mass is 19.1. The molecule has 0 unspecified atom stereocenters. The molecule has 0 radical (unpaired) electrons. The molecule has 36 heavy (non-hydrogen) atoms. The third kappa shape index (κ3) is 4.29. The SMILES string of the molecule is O=C(Nc1cccc2c1CCCN2C(=O)c1ccc(-n2cncn2)c([N+](=O)[O-])c1)c1ccc(F)cc1. The number of nitrogens with one attached hydrogen (secondary N) is 1. The fourth-order valence-electron chi connectivity index (χ4n) is 4.23. The lowest BCUT2D eigenvalue weighted by atomic mass is 9.98. The highest BCUT2D eigenvalue weighted by molar-refractivity contribution is 6.09. The lowest BCUT2D eigenvalue weighted by Gasteiger charge is -2.31. The van der Waals surface area contributed by atoms with E-state index >= 15 is 0 Å². The van der Waals surface area contributed by atoms with Gasteiger partial charge in [-0.15, -0.1) is 0 Å². The van der Waals surface area contributed by atoms with Gasteiger partial charge < -0.3 is 10.2 Å². The van der Waals surface area contributed by atoms with Gasteiger partial charge in [-0.3, -0.25) is 19.7 Å². The van der Waals surface area contributed by atoms with Crippen molar-refractivity contribution in [1.82, 2.24) is 14.8 Å². The maximum Gasteiger partial charge on any atom is 0.295 e. The summed E-state index contributed by atoms with van der Waals surface area (Å²) in [5, 5.41) is 18.5. The van der Waals surface area contributed by atoms with Crippen LogP contribution in [0.15, 0.2) is 73.3 Å². The van der Waals surface area contributed by atoms with Crippen LogP contribution in [0, 0.1) is 15.9 Å². The number of fused-ring (bicyclic) bond motifs is 1. The molecule has 0 saturated heterocycles. The molecule has 0 saturated carbocycles. The van der Waals surface area contributed by atoms with Crippen LogP contribution in [0.4, 0.5) is 21.5 Å². The van der Waals surface area contributed by atoms with E-state index < -0.39 is 22.6 Å². The average molecular weight is 486 g/mol. The van der Waals surface area contributed by atoms with Gasteiger partial charge in [-0.2, -0.15) is 5.10 Å². The van der Waals surface area contributed by atoms with Gasteiger partial charge in [-0.25, -0.2) is 14.1 Å². The highest BCUT2D eigenvalue weighted by Gasteiger charge is 2.28. The number of aromatic nitrogens is 3. The van der Waals surface area contributed by atoms with Crippen LogP contribution in [0.5, 0.6) is 0 Å². The zero-order valence-corrected chi connectivity index (χ0v) is 18.8. The molecule has 11 heteroatoms. The third-order valence-electron chi connectivity index (χ3n) is 5.93. The molecule has 180 valence electrons. The van der Waals surface area contributed by atoms with E-state index in [1.807, 2.05) is 0 Å². The Morgan fingerprint density at radius 1 is 1.03 bits per heavy atom. The van der Waals surface area contributed by atoms with Crippen LogP contribution in [-0.4, -0.2) is 38.0 Å². The van der Waals surface area contributed by atoms with E-state index in [4.69, 9.17) is 0 Å². The first kappa shape index (κ1) is 22.8. The Hall–Kier alpha value is -4.93. The summed E-state index contributed by atoms with van der Waals surface area (Å²) >= 11 is 0. The molecule has 10 nitrogen and oxygen atoms in total. The number of nitrogens with zero attached hydrogens (tertiary/aromatic N) is 5. The molecule has 4 aromatic rings. The smallest absolute Gasteiger partial charge is 0.295 e. The molecule has 0 bridgehead atoms. The summed E-state index contributed by atoms with van der Waals surface area (Å²) in [7, 11) is 0.